The molecule has 1 fully saturated rings. The van der Waals surface area contributed by atoms with Gasteiger partial charge in [-0.15, -0.1) is 0 Å². The van der Waals surface area contributed by atoms with Crippen LogP contribution >= 0.6 is 0 Å². The van der Waals surface area contributed by atoms with E-state index in [4.69, 9.17) is 0 Å². The minimum Gasteiger partial charge on any atom is -0.354 e. The molecule has 0 bridgehead atoms. The van der Waals surface area contributed by atoms with Crippen LogP contribution in [-0.4, -0.2) is 60.2 Å². The third kappa shape index (κ3) is 5.89. The van der Waals surface area contributed by atoms with Crippen molar-refractivity contribution in [3.63, 3.8) is 0 Å². The monoisotopic (exact) mass is 370 g/mol. The molecule has 1 N–H and O–H groups in total. The maximum absolute atomic E-state index is 12.2. The van der Waals surface area contributed by atoms with Crippen molar-refractivity contribution >= 4 is 17.5 Å². The molecule has 1 aromatic carbocycles. The average Bonchev–Trinajstić information content (AvgIpc) is 2.68. The van der Waals surface area contributed by atoms with Crippen LogP contribution in [-0.2, 0) is 9.59 Å². The summed E-state index contributed by atoms with van der Waals surface area (Å²) in [5, 5.41) is 8.65. The number of nitrogens with one attached hydrogen (secondary N) is 1. The largest absolute Gasteiger partial charge is 0.354 e. The summed E-state index contributed by atoms with van der Waals surface area (Å²) in [4.78, 5) is 26.8. The first-order valence-corrected chi connectivity index (χ1v) is 10.0. The van der Waals surface area contributed by atoms with Crippen LogP contribution in [0.1, 0.15) is 44.6 Å². The molecule has 2 heterocycles. The van der Waals surface area contributed by atoms with Gasteiger partial charge >= 0.3 is 0 Å². The molecule has 1 aromatic rings. The highest BCUT2D eigenvalue weighted by molar-refractivity contribution is 6.04. The molecule has 2 aliphatic rings. The first kappa shape index (κ1) is 19.5. The highest BCUT2D eigenvalue weighted by atomic mass is 16.2. The van der Waals surface area contributed by atoms with Gasteiger partial charge in [-0.2, -0.15) is 5.10 Å². The molecule has 0 spiro atoms. The summed E-state index contributed by atoms with van der Waals surface area (Å²) in [5.74, 6) is 0.538. The molecule has 0 unspecified atom stereocenters. The fourth-order valence-electron chi connectivity index (χ4n) is 3.77. The van der Waals surface area contributed by atoms with Gasteiger partial charge in [0, 0.05) is 25.9 Å². The van der Waals surface area contributed by atoms with Crippen LogP contribution in [0.4, 0.5) is 0 Å². The van der Waals surface area contributed by atoms with Gasteiger partial charge in [-0.25, -0.2) is 5.01 Å². The molecule has 2 amide bonds. The molecule has 6 nitrogen and oxygen atoms in total. The van der Waals surface area contributed by atoms with Gasteiger partial charge in [0.15, 0.2) is 0 Å². The lowest BCUT2D eigenvalue weighted by molar-refractivity contribution is -0.136. The third-order valence-electron chi connectivity index (χ3n) is 5.22. The summed E-state index contributed by atoms with van der Waals surface area (Å²) < 4.78 is 0. The Hall–Kier alpha value is -2.21. The molecule has 146 valence electrons. The van der Waals surface area contributed by atoms with Crippen molar-refractivity contribution in [1.29, 1.82) is 0 Å². The van der Waals surface area contributed by atoms with E-state index in [9.17, 15) is 9.59 Å². The minimum absolute atomic E-state index is 0.00405. The second-order valence-electron chi connectivity index (χ2n) is 7.62. The van der Waals surface area contributed by atoms with Crippen LogP contribution in [0.2, 0.25) is 0 Å². The zero-order chi connectivity index (χ0) is 19.1. The fourth-order valence-corrected chi connectivity index (χ4v) is 3.77. The number of nitrogens with zero attached hydrogens (tertiary/aromatic N) is 3. The van der Waals surface area contributed by atoms with Gasteiger partial charge < -0.3 is 10.2 Å². The van der Waals surface area contributed by atoms with Gasteiger partial charge in [0.25, 0.3) is 0 Å². The number of hydrogen-bond acceptors (Lipinski definition) is 4. The lowest BCUT2D eigenvalue weighted by Gasteiger charge is -2.30. The van der Waals surface area contributed by atoms with Crippen LogP contribution in [0.5, 0.6) is 0 Å². The van der Waals surface area contributed by atoms with E-state index in [1.807, 2.05) is 30.3 Å². The van der Waals surface area contributed by atoms with Crippen molar-refractivity contribution in [3.8, 4) is 0 Å². The highest BCUT2D eigenvalue weighted by Crippen LogP contribution is 2.16. The Kier molecular flexibility index (Phi) is 6.98. The smallest absolute Gasteiger partial charge is 0.243 e. The molecule has 0 radical (unpaired) electrons. The Morgan fingerprint density at radius 2 is 2.07 bits per heavy atom. The first-order valence-electron chi connectivity index (χ1n) is 10.0. The lowest BCUT2D eigenvalue weighted by atomic mass is 10.0. The predicted molar refractivity (Wildman–Crippen MR) is 106 cm³/mol. The Morgan fingerprint density at radius 1 is 1.26 bits per heavy atom. The number of carbonyl (C=O) groups is 2. The molecular weight excluding hydrogens is 340 g/mol. The van der Waals surface area contributed by atoms with Crippen molar-refractivity contribution in [1.82, 2.24) is 15.2 Å². The van der Waals surface area contributed by atoms with E-state index >= 15 is 0 Å². The van der Waals surface area contributed by atoms with Crippen molar-refractivity contribution in [3.05, 3.63) is 35.9 Å². The number of rotatable bonds is 7. The third-order valence-corrected chi connectivity index (χ3v) is 5.22. The number of hydrazone groups is 1. The van der Waals surface area contributed by atoms with Gasteiger partial charge in [0.1, 0.15) is 6.54 Å². The molecule has 0 aliphatic carbocycles. The Balaban J connectivity index is 1.43. The zero-order valence-corrected chi connectivity index (χ0v) is 16.2. The van der Waals surface area contributed by atoms with Crippen molar-refractivity contribution in [2.45, 2.75) is 39.0 Å². The molecule has 0 saturated carbocycles. The van der Waals surface area contributed by atoms with Crippen LogP contribution in [0.25, 0.3) is 0 Å². The summed E-state index contributed by atoms with van der Waals surface area (Å²) in [7, 11) is 0. The summed E-state index contributed by atoms with van der Waals surface area (Å²) >= 11 is 0. The van der Waals surface area contributed by atoms with E-state index in [2.05, 4.69) is 22.2 Å². The molecule has 3 rings (SSSR count). The molecule has 1 saturated heterocycles. The van der Waals surface area contributed by atoms with E-state index in [-0.39, 0.29) is 18.4 Å². The van der Waals surface area contributed by atoms with E-state index in [0.29, 0.717) is 19.4 Å². The summed E-state index contributed by atoms with van der Waals surface area (Å²) in [6, 6.07) is 9.82. The first-order chi connectivity index (χ1) is 13.1. The van der Waals surface area contributed by atoms with Crippen LogP contribution in [0.15, 0.2) is 35.4 Å². The van der Waals surface area contributed by atoms with Crippen molar-refractivity contribution in [2.75, 3.05) is 32.7 Å². The van der Waals surface area contributed by atoms with Crippen LogP contribution in [0, 0.1) is 5.92 Å². The van der Waals surface area contributed by atoms with Gasteiger partial charge in [-0.1, -0.05) is 37.3 Å². The molecular formula is C21H30N4O2. The number of carbonyl (C=O) groups excluding carboxylic acids is 2. The molecule has 0 aromatic heterocycles. The molecule has 1 atom stereocenters. The summed E-state index contributed by atoms with van der Waals surface area (Å²) in [6.07, 6.45) is 4.54. The van der Waals surface area contributed by atoms with Gasteiger partial charge in [0.05, 0.1) is 5.71 Å². The Labute approximate surface area is 161 Å². The van der Waals surface area contributed by atoms with E-state index in [1.54, 1.807) is 0 Å². The Morgan fingerprint density at radius 3 is 2.85 bits per heavy atom. The number of amides is 2. The SMILES string of the molecule is C[C@H]1CCCN(CCCNC(=O)CN2N=C(c3ccccc3)CCC2=O)C1. The second-order valence-corrected chi connectivity index (χ2v) is 7.62. The van der Waals surface area contributed by atoms with Gasteiger partial charge in [-0.3, -0.25) is 9.59 Å². The zero-order valence-electron chi connectivity index (χ0n) is 16.2. The molecule has 2 aliphatic heterocycles. The lowest BCUT2D eigenvalue weighted by Crippen LogP contribution is -2.41. The van der Waals surface area contributed by atoms with Gasteiger partial charge in [0.2, 0.25) is 11.8 Å². The number of benzene rings is 1. The van der Waals surface area contributed by atoms with E-state index in [1.165, 1.54) is 17.9 Å². The minimum atomic E-state index is -0.145. The predicted octanol–water partition coefficient (Wildman–Crippen LogP) is 2.25. The highest BCUT2D eigenvalue weighted by Gasteiger charge is 2.23. The maximum Gasteiger partial charge on any atom is 0.243 e. The quantitative estimate of drug-likeness (QED) is 0.749. The summed E-state index contributed by atoms with van der Waals surface area (Å²) in [5.41, 5.74) is 1.87. The normalized spacial score (nSPS) is 21.1. The van der Waals surface area contributed by atoms with Crippen molar-refractivity contribution < 1.29 is 9.59 Å². The second kappa shape index (κ2) is 9.65. The molecule has 6 heteroatoms. The van der Waals surface area contributed by atoms with E-state index < -0.39 is 0 Å². The Bertz CT molecular complexity index is 674. The average molecular weight is 370 g/mol. The number of hydrogen-bond donors (Lipinski definition) is 1. The fraction of sp³-hybridized carbons (Fsp3) is 0.571. The van der Waals surface area contributed by atoms with Crippen LogP contribution in [0.3, 0.4) is 0 Å². The van der Waals surface area contributed by atoms with Crippen molar-refractivity contribution in [2.24, 2.45) is 11.0 Å². The summed E-state index contributed by atoms with van der Waals surface area (Å²) in [6.45, 7) is 6.28. The van der Waals surface area contributed by atoms with Gasteiger partial charge in [-0.05, 0) is 43.8 Å². The number of piperidine rings is 1. The standard InChI is InChI=1S/C21H30N4O2/c1-17-7-5-13-24(15-17)14-6-12-22-20(26)16-25-21(27)11-10-19(23-25)18-8-3-2-4-9-18/h2-4,8-9,17H,5-7,10-16H2,1H3,(H,22,26)/t17-/m0/s1. The number of likely N-dealkylation sites (tertiary alicyclic amines) is 1. The topological polar surface area (TPSA) is 65.0 Å². The maximum atomic E-state index is 12.2. The molecule has 27 heavy (non-hydrogen) atoms. The van der Waals surface area contributed by atoms with E-state index in [0.717, 1.165) is 43.2 Å². The van der Waals surface area contributed by atoms with Crippen LogP contribution < -0.4 is 5.32 Å².